The number of thioether (sulfide) groups is 1. The van der Waals surface area contributed by atoms with Crippen molar-refractivity contribution in [2.45, 2.75) is 5.37 Å². The van der Waals surface area contributed by atoms with E-state index in [2.05, 4.69) is 5.32 Å². The van der Waals surface area contributed by atoms with Crippen LogP contribution in [0.1, 0.15) is 10.9 Å². The molecule has 7 heteroatoms. The number of nitro groups is 1. The van der Waals surface area contributed by atoms with Crippen LogP contribution in [0, 0.1) is 10.1 Å². The normalized spacial score (nSPS) is 19.5. The molecule has 1 aliphatic heterocycles. The van der Waals surface area contributed by atoms with Crippen LogP contribution >= 0.6 is 11.8 Å². The van der Waals surface area contributed by atoms with Crippen molar-refractivity contribution in [2.24, 2.45) is 0 Å². The van der Waals surface area contributed by atoms with Crippen molar-refractivity contribution < 1.29 is 14.8 Å². The largest absolute Gasteiger partial charge is 0.508 e. The van der Waals surface area contributed by atoms with Gasteiger partial charge in [0.05, 0.1) is 16.7 Å². The number of phenolic OH excluding ortho intramolecular Hbond substituents is 1. The predicted octanol–water partition coefficient (Wildman–Crippen LogP) is 1.16. The number of nitrogens with one attached hydrogen (secondary N) is 1. The van der Waals surface area contributed by atoms with E-state index in [1.165, 1.54) is 23.9 Å². The summed E-state index contributed by atoms with van der Waals surface area (Å²) in [6.07, 6.45) is 0. The van der Waals surface area contributed by atoms with Gasteiger partial charge in [-0.2, -0.15) is 0 Å². The summed E-state index contributed by atoms with van der Waals surface area (Å²) in [5.74, 6) is 0.0423. The summed E-state index contributed by atoms with van der Waals surface area (Å²) in [7, 11) is 0. The molecule has 1 saturated heterocycles. The van der Waals surface area contributed by atoms with Crippen molar-refractivity contribution in [2.75, 3.05) is 5.75 Å². The molecule has 0 radical (unpaired) electrons. The number of non-ortho nitro benzene ring substituents is 1. The summed E-state index contributed by atoms with van der Waals surface area (Å²) in [6, 6.07) is 3.84. The maximum absolute atomic E-state index is 11.0. The van der Waals surface area contributed by atoms with Crippen molar-refractivity contribution in [1.29, 1.82) is 0 Å². The van der Waals surface area contributed by atoms with Gasteiger partial charge in [-0.3, -0.25) is 14.9 Å². The molecule has 1 heterocycles. The van der Waals surface area contributed by atoms with Gasteiger partial charge in [0, 0.05) is 6.07 Å². The van der Waals surface area contributed by atoms with Gasteiger partial charge < -0.3 is 10.4 Å². The Morgan fingerprint density at radius 3 is 2.81 bits per heavy atom. The minimum atomic E-state index is -0.579. The van der Waals surface area contributed by atoms with Crippen molar-refractivity contribution in [3.05, 3.63) is 33.9 Å². The number of hydrogen-bond donors (Lipinski definition) is 2. The van der Waals surface area contributed by atoms with E-state index >= 15 is 0 Å². The quantitative estimate of drug-likeness (QED) is 0.597. The van der Waals surface area contributed by atoms with Crippen LogP contribution in [0.5, 0.6) is 5.75 Å². The van der Waals surface area contributed by atoms with E-state index in [1.807, 2.05) is 0 Å². The molecular weight excluding hydrogens is 232 g/mol. The number of carbonyl (C=O) groups is 1. The van der Waals surface area contributed by atoms with Gasteiger partial charge in [-0.05, 0) is 11.6 Å². The second kappa shape index (κ2) is 4.01. The maximum Gasteiger partial charge on any atom is 0.273 e. The maximum atomic E-state index is 11.0. The van der Waals surface area contributed by atoms with Crippen LogP contribution in [0.3, 0.4) is 0 Å². The van der Waals surface area contributed by atoms with Crippen LogP contribution in [0.2, 0.25) is 0 Å². The summed E-state index contributed by atoms with van der Waals surface area (Å²) in [4.78, 5) is 21.0. The fourth-order valence-corrected chi connectivity index (χ4v) is 2.39. The molecule has 1 aliphatic rings. The molecule has 0 spiro atoms. The Morgan fingerprint density at radius 1 is 1.50 bits per heavy atom. The lowest BCUT2D eigenvalue weighted by Crippen LogP contribution is -2.18. The number of nitro benzene ring substituents is 1. The molecular formula is C9H8N2O4S. The minimum absolute atomic E-state index is 0.110. The highest BCUT2D eigenvalue weighted by Crippen LogP contribution is 2.34. The molecule has 1 aromatic carbocycles. The molecule has 2 N–H and O–H groups in total. The Bertz CT molecular complexity index is 463. The SMILES string of the molecule is O=C1CSC(c2cc(O)cc([N+](=O)[O-])c2)N1. The van der Waals surface area contributed by atoms with Crippen molar-refractivity contribution in [3.8, 4) is 5.75 Å². The van der Waals surface area contributed by atoms with Crippen molar-refractivity contribution >= 4 is 23.4 Å². The standard InChI is InChI=1S/C9H8N2O4S/c12-7-2-5(1-6(3-7)11(14)15)9-10-8(13)4-16-9/h1-3,9,12H,4H2,(H,10,13). The van der Waals surface area contributed by atoms with Crippen LogP contribution in [-0.2, 0) is 4.79 Å². The molecule has 1 amide bonds. The molecule has 16 heavy (non-hydrogen) atoms. The Hall–Kier alpha value is -1.76. The third-order valence-corrected chi connectivity index (χ3v) is 3.26. The Labute approximate surface area is 94.8 Å². The molecule has 0 aliphatic carbocycles. The summed E-state index contributed by atoms with van der Waals surface area (Å²) in [5.41, 5.74) is 0.347. The molecule has 0 bridgehead atoms. The zero-order chi connectivity index (χ0) is 11.7. The highest BCUT2D eigenvalue weighted by Gasteiger charge is 2.25. The molecule has 0 aromatic heterocycles. The van der Waals surface area contributed by atoms with Crippen LogP contribution in [0.25, 0.3) is 0 Å². The Balaban J connectivity index is 2.34. The summed E-state index contributed by atoms with van der Waals surface area (Å²) in [5, 5.41) is 22.3. The lowest BCUT2D eigenvalue weighted by Gasteiger charge is -2.09. The highest BCUT2D eigenvalue weighted by atomic mass is 32.2. The third kappa shape index (κ3) is 2.08. The summed E-state index contributed by atoms with van der Waals surface area (Å²) >= 11 is 1.34. The molecule has 0 saturated carbocycles. The van der Waals surface area contributed by atoms with Crippen LogP contribution in [0.4, 0.5) is 5.69 Å². The first-order valence-electron chi connectivity index (χ1n) is 4.45. The van der Waals surface area contributed by atoms with Crippen molar-refractivity contribution in [3.63, 3.8) is 0 Å². The van der Waals surface area contributed by atoms with E-state index in [4.69, 9.17) is 0 Å². The first-order chi connectivity index (χ1) is 7.56. The molecule has 1 unspecified atom stereocenters. The number of carbonyl (C=O) groups excluding carboxylic acids is 1. The van der Waals surface area contributed by atoms with Gasteiger partial charge in [0.1, 0.15) is 11.1 Å². The fraction of sp³-hybridized carbons (Fsp3) is 0.222. The van der Waals surface area contributed by atoms with E-state index < -0.39 is 4.92 Å². The zero-order valence-electron chi connectivity index (χ0n) is 8.04. The smallest absolute Gasteiger partial charge is 0.273 e. The van der Waals surface area contributed by atoms with Gasteiger partial charge in [0.2, 0.25) is 5.91 Å². The van der Waals surface area contributed by atoms with Gasteiger partial charge in [0.15, 0.2) is 0 Å². The zero-order valence-corrected chi connectivity index (χ0v) is 8.86. The van der Waals surface area contributed by atoms with Gasteiger partial charge in [-0.1, -0.05) is 0 Å². The van der Waals surface area contributed by atoms with Crippen LogP contribution < -0.4 is 5.32 Å². The van der Waals surface area contributed by atoms with Crippen LogP contribution in [-0.4, -0.2) is 21.7 Å². The van der Waals surface area contributed by atoms with Gasteiger partial charge >= 0.3 is 0 Å². The average Bonchev–Trinajstić information content (AvgIpc) is 2.64. The number of aromatic hydroxyl groups is 1. The van der Waals surface area contributed by atoms with Gasteiger partial charge in [0.25, 0.3) is 5.69 Å². The minimum Gasteiger partial charge on any atom is -0.508 e. The van der Waals surface area contributed by atoms with E-state index in [0.29, 0.717) is 11.3 Å². The second-order valence-electron chi connectivity index (χ2n) is 3.30. The lowest BCUT2D eigenvalue weighted by molar-refractivity contribution is -0.385. The van der Waals surface area contributed by atoms with E-state index in [1.54, 1.807) is 0 Å². The number of nitrogens with zero attached hydrogens (tertiary/aromatic N) is 1. The second-order valence-corrected chi connectivity index (χ2v) is 4.39. The number of phenols is 1. The topological polar surface area (TPSA) is 92.5 Å². The predicted molar refractivity (Wildman–Crippen MR) is 58.1 cm³/mol. The summed E-state index contributed by atoms with van der Waals surface area (Å²) < 4.78 is 0. The third-order valence-electron chi connectivity index (χ3n) is 2.11. The number of benzene rings is 1. The first-order valence-corrected chi connectivity index (χ1v) is 5.50. The molecule has 1 aromatic rings. The van der Waals surface area contributed by atoms with Crippen LogP contribution in [0.15, 0.2) is 18.2 Å². The monoisotopic (exact) mass is 240 g/mol. The molecule has 1 fully saturated rings. The van der Waals surface area contributed by atoms with Crippen molar-refractivity contribution in [1.82, 2.24) is 5.32 Å². The first kappa shape index (κ1) is 10.7. The van der Waals surface area contributed by atoms with Gasteiger partial charge in [-0.25, -0.2) is 0 Å². The van der Waals surface area contributed by atoms with E-state index in [9.17, 15) is 20.0 Å². The molecule has 84 valence electrons. The fourth-order valence-electron chi connectivity index (χ4n) is 1.44. The molecule has 1 atom stereocenters. The highest BCUT2D eigenvalue weighted by molar-refractivity contribution is 8.00. The number of hydrogen-bond acceptors (Lipinski definition) is 5. The molecule has 2 rings (SSSR count). The molecule has 6 nitrogen and oxygen atoms in total. The number of amides is 1. The number of rotatable bonds is 2. The van der Waals surface area contributed by atoms with E-state index in [-0.39, 0.29) is 22.7 Å². The summed E-state index contributed by atoms with van der Waals surface area (Å²) in [6.45, 7) is 0. The van der Waals surface area contributed by atoms with E-state index in [0.717, 1.165) is 6.07 Å². The Kier molecular flexibility index (Phi) is 2.69. The Morgan fingerprint density at radius 2 is 2.25 bits per heavy atom. The average molecular weight is 240 g/mol. The van der Waals surface area contributed by atoms with Gasteiger partial charge in [-0.15, -0.1) is 11.8 Å². The lowest BCUT2D eigenvalue weighted by atomic mass is 10.2.